The van der Waals surface area contributed by atoms with E-state index in [1.807, 2.05) is 0 Å². The number of carbonyl (C=O) groups is 4. The molecule has 78 valence electrons. The van der Waals surface area contributed by atoms with Crippen molar-refractivity contribution in [3.63, 3.8) is 0 Å². The first-order valence-corrected chi connectivity index (χ1v) is 2.87. The van der Waals surface area contributed by atoms with Gasteiger partial charge in [0.1, 0.15) is 0 Å². The van der Waals surface area contributed by atoms with Gasteiger partial charge in [-0.1, -0.05) is 0 Å². The highest BCUT2D eigenvalue weighted by molar-refractivity contribution is 6.27. The minimum atomic E-state index is -1.82. The maximum Gasteiger partial charge on any atom is 0.414 e. The van der Waals surface area contributed by atoms with Crippen LogP contribution in [0.5, 0.6) is 0 Å². The van der Waals surface area contributed by atoms with Crippen LogP contribution in [0.25, 0.3) is 0 Å². The predicted molar refractivity (Wildman–Crippen MR) is 39.7 cm³/mol. The molecule has 0 unspecified atom stereocenters. The standard InChI is InChI=1S/C4H4O4.C2H2O4/c5-3(6)1-2-4(7)8;3-1(4)2(5)6/h1-2H,(H,5,6)(H,7,8);(H,3,4)(H,5,6)/b2-1-;. The summed E-state index contributed by atoms with van der Waals surface area (Å²) in [5.74, 6) is -6.16. The number of carboxylic acid groups (broad SMARTS) is 4. The van der Waals surface area contributed by atoms with E-state index in [9.17, 15) is 9.59 Å². The number of hydrogen-bond acceptors (Lipinski definition) is 4. The average molecular weight is 206 g/mol. The van der Waals surface area contributed by atoms with Gasteiger partial charge in [-0.25, -0.2) is 19.2 Å². The number of carboxylic acids is 4. The normalized spacial score (nSPS) is 8.57. The van der Waals surface area contributed by atoms with E-state index in [-0.39, 0.29) is 0 Å². The largest absolute Gasteiger partial charge is 0.478 e. The van der Waals surface area contributed by atoms with Crippen LogP contribution in [0, 0.1) is 0 Å². The Bertz CT molecular complexity index is 248. The van der Waals surface area contributed by atoms with E-state index in [4.69, 9.17) is 30.0 Å². The van der Waals surface area contributed by atoms with Gasteiger partial charge in [0.25, 0.3) is 0 Å². The van der Waals surface area contributed by atoms with Crippen molar-refractivity contribution in [2.75, 3.05) is 0 Å². The molecule has 0 rings (SSSR count). The summed E-state index contributed by atoms with van der Waals surface area (Å²) in [6.07, 6.45) is 1.12. The molecule has 0 saturated heterocycles. The Hall–Kier alpha value is -2.38. The van der Waals surface area contributed by atoms with Crippen LogP contribution < -0.4 is 0 Å². The fourth-order valence-electron chi connectivity index (χ4n) is 0.143. The zero-order chi connectivity index (χ0) is 11.7. The van der Waals surface area contributed by atoms with Crippen LogP contribution >= 0.6 is 0 Å². The fraction of sp³-hybridized carbons (Fsp3) is 0. The smallest absolute Gasteiger partial charge is 0.414 e. The Morgan fingerprint density at radius 1 is 0.643 bits per heavy atom. The number of rotatable bonds is 2. The van der Waals surface area contributed by atoms with Gasteiger partial charge in [-0.05, 0) is 0 Å². The van der Waals surface area contributed by atoms with Crippen LogP contribution in [-0.2, 0) is 19.2 Å². The summed E-state index contributed by atoms with van der Waals surface area (Å²) in [4.78, 5) is 37.3. The second-order valence-electron chi connectivity index (χ2n) is 1.62. The molecule has 0 aliphatic heterocycles. The third-order valence-corrected chi connectivity index (χ3v) is 0.551. The third kappa shape index (κ3) is 16.3. The summed E-state index contributed by atoms with van der Waals surface area (Å²) < 4.78 is 0. The van der Waals surface area contributed by atoms with Gasteiger partial charge in [-0.3, -0.25) is 0 Å². The van der Waals surface area contributed by atoms with Crippen LogP contribution in [0.15, 0.2) is 12.2 Å². The van der Waals surface area contributed by atoms with Crippen molar-refractivity contribution in [1.29, 1.82) is 0 Å². The lowest BCUT2D eigenvalue weighted by Crippen LogP contribution is -2.09. The minimum Gasteiger partial charge on any atom is -0.478 e. The topological polar surface area (TPSA) is 149 Å². The number of aliphatic carboxylic acids is 4. The number of hydrogen-bond donors (Lipinski definition) is 4. The molecule has 4 N–H and O–H groups in total. The van der Waals surface area contributed by atoms with Crippen molar-refractivity contribution < 1.29 is 39.6 Å². The molecule has 8 heteroatoms. The highest BCUT2D eigenvalue weighted by atomic mass is 16.4. The lowest BCUT2D eigenvalue weighted by Gasteiger charge is -1.74. The van der Waals surface area contributed by atoms with E-state index in [0.717, 1.165) is 0 Å². The molecule has 8 nitrogen and oxygen atoms in total. The van der Waals surface area contributed by atoms with E-state index in [1.165, 1.54) is 0 Å². The molecule has 0 spiro atoms. The van der Waals surface area contributed by atoms with Crippen LogP contribution in [0.4, 0.5) is 0 Å². The average Bonchev–Trinajstić information content (AvgIpc) is 2.01. The van der Waals surface area contributed by atoms with Crippen LogP contribution in [-0.4, -0.2) is 44.3 Å². The first-order valence-electron chi connectivity index (χ1n) is 2.87. The molecule has 0 saturated carbocycles. The van der Waals surface area contributed by atoms with E-state index in [1.54, 1.807) is 0 Å². The molecule has 14 heavy (non-hydrogen) atoms. The molecule has 0 fully saturated rings. The SMILES string of the molecule is O=C(O)/C=C\C(=O)O.O=C(O)C(=O)O. The van der Waals surface area contributed by atoms with E-state index < -0.39 is 23.9 Å². The van der Waals surface area contributed by atoms with Crippen molar-refractivity contribution in [1.82, 2.24) is 0 Å². The molecular weight excluding hydrogens is 200 g/mol. The van der Waals surface area contributed by atoms with Crippen molar-refractivity contribution >= 4 is 23.9 Å². The van der Waals surface area contributed by atoms with Crippen molar-refractivity contribution in [3.8, 4) is 0 Å². The Morgan fingerprint density at radius 3 is 0.929 bits per heavy atom. The molecule has 0 amide bonds. The molecule has 0 aromatic rings. The van der Waals surface area contributed by atoms with Crippen molar-refractivity contribution in [2.45, 2.75) is 0 Å². The Kier molecular flexibility index (Phi) is 7.36. The lowest BCUT2D eigenvalue weighted by atomic mass is 10.5. The summed E-state index contributed by atoms with van der Waals surface area (Å²) in [6.45, 7) is 0. The predicted octanol–water partition coefficient (Wildman–Crippen LogP) is -1.13. The van der Waals surface area contributed by atoms with Gasteiger partial charge in [-0.2, -0.15) is 0 Å². The summed E-state index contributed by atoms with van der Waals surface area (Å²) in [5, 5.41) is 30.4. The van der Waals surface area contributed by atoms with Crippen LogP contribution in [0.1, 0.15) is 0 Å². The molecule has 0 aromatic heterocycles. The van der Waals surface area contributed by atoms with Crippen molar-refractivity contribution in [3.05, 3.63) is 12.2 Å². The Labute approximate surface area is 76.7 Å². The molecule has 0 aliphatic rings. The van der Waals surface area contributed by atoms with Gasteiger partial charge in [-0.15, -0.1) is 0 Å². The summed E-state index contributed by atoms with van der Waals surface area (Å²) >= 11 is 0. The lowest BCUT2D eigenvalue weighted by molar-refractivity contribution is -0.159. The zero-order valence-electron chi connectivity index (χ0n) is 6.58. The Morgan fingerprint density at radius 2 is 0.857 bits per heavy atom. The van der Waals surface area contributed by atoms with Crippen LogP contribution in [0.2, 0.25) is 0 Å². The summed E-state index contributed by atoms with van der Waals surface area (Å²) in [5.41, 5.74) is 0. The van der Waals surface area contributed by atoms with Gasteiger partial charge in [0, 0.05) is 12.2 Å². The highest BCUT2D eigenvalue weighted by Gasteiger charge is 2.04. The van der Waals surface area contributed by atoms with E-state index in [2.05, 4.69) is 0 Å². The molecule has 0 radical (unpaired) electrons. The molecule has 0 aromatic carbocycles. The highest BCUT2D eigenvalue weighted by Crippen LogP contribution is 1.70. The van der Waals surface area contributed by atoms with E-state index in [0.29, 0.717) is 12.2 Å². The van der Waals surface area contributed by atoms with Crippen LogP contribution in [0.3, 0.4) is 0 Å². The van der Waals surface area contributed by atoms with Gasteiger partial charge in [0.05, 0.1) is 0 Å². The van der Waals surface area contributed by atoms with Gasteiger partial charge in [0.2, 0.25) is 0 Å². The molecular formula is C6H6O8. The maximum absolute atomic E-state index is 9.55. The first-order chi connectivity index (χ1) is 6.27. The second-order valence-corrected chi connectivity index (χ2v) is 1.62. The monoisotopic (exact) mass is 206 g/mol. The van der Waals surface area contributed by atoms with Gasteiger partial charge in [0.15, 0.2) is 0 Å². The van der Waals surface area contributed by atoms with Crippen molar-refractivity contribution in [2.24, 2.45) is 0 Å². The fourth-order valence-corrected chi connectivity index (χ4v) is 0.143. The molecule has 0 aliphatic carbocycles. The van der Waals surface area contributed by atoms with Gasteiger partial charge < -0.3 is 20.4 Å². The minimum absolute atomic E-state index is 0.558. The molecule has 0 bridgehead atoms. The second kappa shape index (κ2) is 7.28. The zero-order valence-corrected chi connectivity index (χ0v) is 6.58. The Balaban J connectivity index is 0. The summed E-state index contributed by atoms with van der Waals surface area (Å²) in [6, 6.07) is 0. The quantitative estimate of drug-likeness (QED) is 0.327. The first kappa shape index (κ1) is 14.2. The molecule has 0 atom stereocenters. The summed E-state index contributed by atoms with van der Waals surface area (Å²) in [7, 11) is 0. The van der Waals surface area contributed by atoms with E-state index >= 15 is 0 Å². The molecule has 0 heterocycles. The third-order valence-electron chi connectivity index (χ3n) is 0.551. The van der Waals surface area contributed by atoms with Gasteiger partial charge >= 0.3 is 23.9 Å². The maximum atomic E-state index is 9.55.